The summed E-state index contributed by atoms with van der Waals surface area (Å²) in [6.45, 7) is 17.3. The summed E-state index contributed by atoms with van der Waals surface area (Å²) in [5, 5.41) is 41.0. The van der Waals surface area contributed by atoms with Gasteiger partial charge in [0.15, 0.2) is 22.3 Å². The smallest absolute Gasteiger partial charge is 0.312 e. The first-order valence-electron chi connectivity index (χ1n) is 24.4. The maximum absolute atomic E-state index is 15.0. The number of hydrogen-bond acceptors (Lipinski definition) is 16. The minimum absolute atomic E-state index is 0.0209. The van der Waals surface area contributed by atoms with Gasteiger partial charge in [0.05, 0.1) is 35.5 Å². The Morgan fingerprint density at radius 2 is 1.65 bits per heavy atom. The molecule has 1 saturated heterocycles. The first-order valence-corrected chi connectivity index (χ1v) is 24.4. The highest BCUT2D eigenvalue weighted by Crippen LogP contribution is 2.49. The van der Waals surface area contributed by atoms with Crippen molar-refractivity contribution in [3.05, 3.63) is 111 Å². The topological polar surface area (TPSA) is 228 Å². The molecule has 3 aliphatic rings. The standard InChI is InChI=1S/C55H64N4O13/c1-28-13-10-14-29(2)54(66)58-45-49(64)41-40(44-52(45)71-39-18-12-17-38(43(39)57-44)68-27-36-16-11-15-35(25-36)26-59-22-20-56-21-23-59)42-51(33(6)48(41)63)72-55(8,53(42)65)69-24-19-37(67-9)30(3)50(70-34(7)60)32(5)47(62)31(4)46(28)61/h10-19,24-25,28,30-32,37,46-47,50,56,61-62,64H,20-23,26-27H2,1-9H3,(H,58,66)/b13-10+,24-19+,29-14-/t28-,30+,31+,32+,37-,46-,47+,50+,55-/m0/s1. The Hall–Kier alpha value is -6.63. The Kier molecular flexibility index (Phi) is 15.2. The van der Waals surface area contributed by atoms with E-state index in [9.17, 15) is 34.5 Å². The molecule has 0 aliphatic carbocycles. The molecule has 0 spiro atoms. The second-order valence-electron chi connectivity index (χ2n) is 19.5. The molecular weight excluding hydrogens is 925 g/mol. The molecule has 17 heteroatoms. The van der Waals surface area contributed by atoms with Crippen molar-refractivity contribution in [2.75, 3.05) is 38.6 Å². The second-order valence-corrected chi connectivity index (χ2v) is 19.5. The number of ketones is 1. The molecule has 382 valence electrons. The third-order valence-electron chi connectivity index (χ3n) is 14.3. The summed E-state index contributed by atoms with van der Waals surface area (Å²) in [7, 11) is 1.45. The van der Waals surface area contributed by atoms with Crippen LogP contribution in [0.4, 0.5) is 5.69 Å². The number of carbonyl (C=O) groups excluding carboxylic acids is 3. The number of phenols is 1. The summed E-state index contributed by atoms with van der Waals surface area (Å²) < 4.78 is 37.1. The lowest BCUT2D eigenvalue weighted by molar-refractivity contribution is -0.160. The number of nitrogens with one attached hydrogen (secondary N) is 2. The van der Waals surface area contributed by atoms with Crippen molar-refractivity contribution in [1.82, 2.24) is 15.2 Å². The van der Waals surface area contributed by atoms with E-state index in [1.807, 2.05) is 12.1 Å². The van der Waals surface area contributed by atoms with E-state index < -0.39 is 82.7 Å². The average molecular weight is 989 g/mol. The van der Waals surface area contributed by atoms with E-state index in [-0.39, 0.29) is 67.7 Å². The number of benzene rings is 4. The maximum atomic E-state index is 15.0. The molecule has 3 aliphatic heterocycles. The Bertz CT molecular complexity index is 3070. The molecule has 1 aromatic heterocycles. The number of esters is 1. The van der Waals surface area contributed by atoms with Gasteiger partial charge < -0.3 is 54.1 Å². The van der Waals surface area contributed by atoms with Crippen LogP contribution in [-0.2, 0) is 37.0 Å². The van der Waals surface area contributed by atoms with Crippen LogP contribution in [0.25, 0.3) is 33.0 Å². The average Bonchev–Trinajstić information content (AvgIpc) is 3.63. The maximum Gasteiger partial charge on any atom is 0.312 e. The summed E-state index contributed by atoms with van der Waals surface area (Å²) in [4.78, 5) is 63.6. The van der Waals surface area contributed by atoms with Crippen molar-refractivity contribution < 1.29 is 57.8 Å². The number of aliphatic hydroxyl groups is 2. The second kappa shape index (κ2) is 21.2. The van der Waals surface area contributed by atoms with Crippen LogP contribution in [0.5, 0.6) is 17.2 Å². The molecule has 17 nitrogen and oxygen atoms in total. The van der Waals surface area contributed by atoms with Gasteiger partial charge in [0, 0.05) is 93.9 Å². The van der Waals surface area contributed by atoms with Crippen LogP contribution in [0.1, 0.15) is 75.5 Å². The van der Waals surface area contributed by atoms with Crippen LogP contribution in [0.15, 0.2) is 87.8 Å². The highest BCUT2D eigenvalue weighted by molar-refractivity contribution is 6.26. The molecule has 72 heavy (non-hydrogen) atoms. The molecule has 5 N–H and O–H groups in total. The number of anilines is 1. The van der Waals surface area contributed by atoms with E-state index in [1.54, 1.807) is 65.0 Å². The van der Waals surface area contributed by atoms with Gasteiger partial charge in [-0.3, -0.25) is 24.1 Å². The van der Waals surface area contributed by atoms with Gasteiger partial charge in [-0.2, -0.15) is 0 Å². The number of hydrogen-bond donors (Lipinski definition) is 5. The summed E-state index contributed by atoms with van der Waals surface area (Å²) in [6, 6.07) is 13.2. The third kappa shape index (κ3) is 10.1. The van der Waals surface area contributed by atoms with Crippen molar-refractivity contribution >= 4 is 56.3 Å². The fourth-order valence-electron chi connectivity index (χ4n) is 10.0. The van der Waals surface area contributed by atoms with Gasteiger partial charge in [-0.25, -0.2) is 4.98 Å². The predicted octanol–water partition coefficient (Wildman–Crippen LogP) is 6.98. The molecule has 4 aromatic carbocycles. The Morgan fingerprint density at radius 1 is 0.931 bits per heavy atom. The number of fused-ring (bicyclic) bond motifs is 2. The van der Waals surface area contributed by atoms with Crippen LogP contribution >= 0.6 is 0 Å². The molecule has 5 aromatic rings. The van der Waals surface area contributed by atoms with Gasteiger partial charge in [0.1, 0.15) is 40.9 Å². The number of allylic oxidation sites excluding steroid dienone is 2. The summed E-state index contributed by atoms with van der Waals surface area (Å²) in [5.74, 6) is -7.06. The number of aromatic hydroxyl groups is 1. The zero-order valence-corrected chi connectivity index (χ0v) is 42.1. The van der Waals surface area contributed by atoms with E-state index >= 15 is 0 Å². The highest BCUT2D eigenvalue weighted by Gasteiger charge is 2.50. The van der Waals surface area contributed by atoms with Gasteiger partial charge in [-0.15, -0.1) is 0 Å². The van der Waals surface area contributed by atoms with Crippen molar-refractivity contribution in [3.63, 3.8) is 0 Å². The normalized spacial score (nSPS) is 28.3. The largest absolute Gasteiger partial charge is 0.505 e. The fraction of sp³-hybridized carbons (Fsp3) is 0.436. The molecule has 1 amide bonds. The fourth-order valence-corrected chi connectivity index (χ4v) is 10.0. The summed E-state index contributed by atoms with van der Waals surface area (Å²) in [6.07, 6.45) is 3.59. The SMILES string of the molecule is CO[C@H]1/C=C/O[C@@]2(C)Oc3c(C)c(=O)c4c(O)c(c5oc6cccc(OCc7cccc(CN8CCNCC8)c7)c6nc5c4c3C2=O)NC(=O)/C(C)=C\C=C\[C@H](C)[C@H](O)[C@@H](C)[C@@H](O)[C@@H](C)[C@H](OC(C)=O)[C@@H]1C. The molecule has 0 radical (unpaired) electrons. The number of phenolic OH excluding ortho intramolecular Hbond substituents is 1. The lowest BCUT2D eigenvalue weighted by Crippen LogP contribution is -2.46. The zero-order valence-electron chi connectivity index (χ0n) is 42.1. The van der Waals surface area contributed by atoms with Crippen LogP contribution < -0.4 is 25.5 Å². The van der Waals surface area contributed by atoms with Crippen LogP contribution in [0.2, 0.25) is 0 Å². The first-order chi connectivity index (χ1) is 34.3. The molecule has 0 saturated carbocycles. The number of rotatable bonds is 7. The van der Waals surface area contributed by atoms with E-state index in [4.69, 9.17) is 33.1 Å². The molecular formula is C55H64N4O13. The quantitative estimate of drug-likeness (QED) is 0.0479. The van der Waals surface area contributed by atoms with Gasteiger partial charge >= 0.3 is 11.8 Å². The zero-order chi connectivity index (χ0) is 51.8. The number of ether oxygens (including phenoxy) is 5. The number of nitrogens with zero attached hydrogens (tertiary/aromatic N) is 2. The predicted molar refractivity (Wildman–Crippen MR) is 271 cm³/mol. The van der Waals surface area contributed by atoms with Crippen molar-refractivity contribution in [2.45, 2.75) is 98.7 Å². The van der Waals surface area contributed by atoms with Gasteiger partial charge in [-0.1, -0.05) is 76.3 Å². The Balaban J connectivity index is 1.28. The number of aliphatic hydroxyl groups excluding tert-OH is 2. The Morgan fingerprint density at radius 3 is 2.38 bits per heavy atom. The van der Waals surface area contributed by atoms with Crippen LogP contribution in [0.3, 0.4) is 0 Å². The lowest BCUT2D eigenvalue weighted by Gasteiger charge is -2.38. The monoisotopic (exact) mass is 988 g/mol. The Labute approximate surface area is 417 Å². The van der Waals surface area contributed by atoms with E-state index in [2.05, 4.69) is 27.7 Å². The molecule has 1 fully saturated rings. The molecule has 8 rings (SSSR count). The summed E-state index contributed by atoms with van der Waals surface area (Å²) >= 11 is 0. The molecule has 4 heterocycles. The molecule has 0 unspecified atom stereocenters. The van der Waals surface area contributed by atoms with Crippen molar-refractivity contribution in [1.29, 1.82) is 0 Å². The number of amides is 1. The van der Waals surface area contributed by atoms with Crippen LogP contribution in [0, 0.1) is 30.6 Å². The first kappa shape index (κ1) is 51.7. The van der Waals surface area contributed by atoms with E-state index in [1.165, 1.54) is 46.3 Å². The number of aromatic nitrogens is 1. The number of methoxy groups -OCH3 is 1. The van der Waals surface area contributed by atoms with Gasteiger partial charge in [0.2, 0.25) is 0 Å². The van der Waals surface area contributed by atoms with Crippen LogP contribution in [-0.4, -0.2) is 106 Å². The van der Waals surface area contributed by atoms with Crippen molar-refractivity contribution in [2.24, 2.45) is 23.7 Å². The van der Waals surface area contributed by atoms with E-state index in [0.717, 1.165) is 43.9 Å². The third-order valence-corrected chi connectivity index (χ3v) is 14.3. The van der Waals surface area contributed by atoms with Crippen molar-refractivity contribution in [3.8, 4) is 17.2 Å². The highest BCUT2D eigenvalue weighted by atomic mass is 16.7. The number of para-hydroxylation sites is 1. The minimum atomic E-state index is -2.08. The van der Waals surface area contributed by atoms with Gasteiger partial charge in [-0.05, 0) is 43.2 Å². The minimum Gasteiger partial charge on any atom is -0.505 e. The number of carbonyl (C=O) groups is 3. The van der Waals surface area contributed by atoms with E-state index in [0.29, 0.717) is 5.75 Å². The number of Topliss-reactive ketones (excluding diaryl/α,β-unsaturated/α-hetero) is 1. The number of piperazine rings is 1. The molecule has 4 bridgehead atoms. The van der Waals surface area contributed by atoms with Gasteiger partial charge in [0.25, 0.3) is 11.7 Å². The lowest BCUT2D eigenvalue weighted by atomic mass is 9.78. The summed E-state index contributed by atoms with van der Waals surface area (Å²) in [5.41, 5.74) is 1.35. The molecule has 9 atom stereocenters.